The van der Waals surface area contributed by atoms with Crippen LogP contribution >= 0.6 is 11.8 Å². The summed E-state index contributed by atoms with van der Waals surface area (Å²) in [6.07, 6.45) is 3.39. The molecular formula is C20H24N2O5S. The number of hydrogen-bond donors (Lipinski definition) is 2. The third-order valence-electron chi connectivity index (χ3n) is 3.69. The maximum Gasteiger partial charge on any atom is 0.339 e. The second-order valence-electron chi connectivity index (χ2n) is 5.92. The quantitative estimate of drug-likeness (QED) is 0.340. The van der Waals surface area contributed by atoms with Gasteiger partial charge in [-0.25, -0.2) is 4.79 Å². The summed E-state index contributed by atoms with van der Waals surface area (Å²) in [4.78, 5) is 36.6. The van der Waals surface area contributed by atoms with Crippen LogP contribution in [0.1, 0.15) is 35.9 Å². The molecule has 1 aromatic heterocycles. The number of nitrogens with one attached hydrogen (secondary N) is 2. The standard InChI is InChI=1S/C20H24N2O5S/c1-2-3-10-21-18(23)13-27-20(25)16-8-4-5-9-17(16)28-14-19(24)22-12-15-7-6-11-26-15/h4-9,11H,2-3,10,12-14H2,1H3,(H,21,23)(H,22,24). The van der Waals surface area contributed by atoms with Crippen LogP contribution in [0.4, 0.5) is 0 Å². The van der Waals surface area contributed by atoms with Crippen molar-refractivity contribution in [1.29, 1.82) is 0 Å². The molecule has 2 rings (SSSR count). The molecule has 28 heavy (non-hydrogen) atoms. The largest absolute Gasteiger partial charge is 0.467 e. The van der Waals surface area contributed by atoms with Gasteiger partial charge in [0.05, 0.1) is 24.1 Å². The Morgan fingerprint density at radius 1 is 1.07 bits per heavy atom. The van der Waals surface area contributed by atoms with Gasteiger partial charge in [0.25, 0.3) is 5.91 Å². The van der Waals surface area contributed by atoms with Crippen LogP contribution in [0.2, 0.25) is 0 Å². The molecule has 1 aromatic carbocycles. The normalized spacial score (nSPS) is 10.3. The van der Waals surface area contributed by atoms with Gasteiger partial charge in [0, 0.05) is 11.4 Å². The summed E-state index contributed by atoms with van der Waals surface area (Å²) < 4.78 is 10.2. The first-order valence-electron chi connectivity index (χ1n) is 9.05. The van der Waals surface area contributed by atoms with Crippen molar-refractivity contribution in [2.24, 2.45) is 0 Å². The lowest BCUT2D eigenvalue weighted by Gasteiger charge is -2.10. The monoisotopic (exact) mass is 404 g/mol. The van der Waals surface area contributed by atoms with Crippen molar-refractivity contribution in [2.45, 2.75) is 31.2 Å². The molecule has 8 heteroatoms. The van der Waals surface area contributed by atoms with Crippen molar-refractivity contribution in [3.8, 4) is 0 Å². The van der Waals surface area contributed by atoms with E-state index < -0.39 is 5.97 Å². The van der Waals surface area contributed by atoms with Gasteiger partial charge >= 0.3 is 5.97 Å². The summed E-state index contributed by atoms with van der Waals surface area (Å²) in [7, 11) is 0. The Kier molecular flexibility index (Phi) is 9.14. The van der Waals surface area contributed by atoms with Crippen LogP contribution in [0.3, 0.4) is 0 Å². The molecule has 0 unspecified atom stereocenters. The second-order valence-corrected chi connectivity index (χ2v) is 6.94. The number of ether oxygens (including phenoxy) is 1. The number of carbonyl (C=O) groups is 3. The van der Waals surface area contributed by atoms with E-state index >= 15 is 0 Å². The number of rotatable bonds is 11. The lowest BCUT2D eigenvalue weighted by molar-refractivity contribution is -0.124. The Morgan fingerprint density at radius 3 is 2.64 bits per heavy atom. The molecule has 2 amide bonds. The highest BCUT2D eigenvalue weighted by Gasteiger charge is 2.15. The van der Waals surface area contributed by atoms with Crippen molar-refractivity contribution >= 4 is 29.5 Å². The van der Waals surface area contributed by atoms with Gasteiger partial charge < -0.3 is 19.8 Å². The molecule has 150 valence electrons. The molecule has 7 nitrogen and oxygen atoms in total. The molecule has 0 saturated heterocycles. The number of amides is 2. The number of thioether (sulfide) groups is 1. The fourth-order valence-corrected chi connectivity index (χ4v) is 3.09. The van der Waals surface area contributed by atoms with Crippen LogP contribution in [-0.2, 0) is 20.9 Å². The van der Waals surface area contributed by atoms with Crippen molar-refractivity contribution in [3.05, 3.63) is 54.0 Å². The van der Waals surface area contributed by atoms with Crippen molar-refractivity contribution in [3.63, 3.8) is 0 Å². The summed E-state index contributed by atoms with van der Waals surface area (Å²) in [6.45, 7) is 2.57. The molecule has 0 bridgehead atoms. The zero-order valence-electron chi connectivity index (χ0n) is 15.7. The fourth-order valence-electron chi connectivity index (χ4n) is 2.22. The molecule has 0 radical (unpaired) electrons. The van der Waals surface area contributed by atoms with E-state index in [-0.39, 0.29) is 24.2 Å². The van der Waals surface area contributed by atoms with Gasteiger partial charge in [-0.15, -0.1) is 11.8 Å². The smallest absolute Gasteiger partial charge is 0.339 e. The molecule has 0 saturated carbocycles. The van der Waals surface area contributed by atoms with Gasteiger partial charge in [-0.2, -0.15) is 0 Å². The van der Waals surface area contributed by atoms with Crippen LogP contribution in [0.25, 0.3) is 0 Å². The van der Waals surface area contributed by atoms with Gasteiger partial charge in [-0.3, -0.25) is 9.59 Å². The molecule has 0 aliphatic carbocycles. The number of hydrogen-bond acceptors (Lipinski definition) is 6. The van der Waals surface area contributed by atoms with Gasteiger partial charge in [0.15, 0.2) is 6.61 Å². The lowest BCUT2D eigenvalue weighted by Crippen LogP contribution is -2.29. The number of esters is 1. The lowest BCUT2D eigenvalue weighted by atomic mass is 10.2. The Hall–Kier alpha value is -2.74. The Morgan fingerprint density at radius 2 is 1.89 bits per heavy atom. The fraction of sp³-hybridized carbons (Fsp3) is 0.350. The predicted molar refractivity (Wildman–Crippen MR) is 106 cm³/mol. The van der Waals surface area contributed by atoms with E-state index in [1.165, 1.54) is 11.8 Å². The van der Waals surface area contributed by atoms with Crippen LogP contribution in [0.5, 0.6) is 0 Å². The zero-order chi connectivity index (χ0) is 20.2. The molecule has 2 aromatic rings. The SMILES string of the molecule is CCCCNC(=O)COC(=O)c1ccccc1SCC(=O)NCc1ccco1. The molecule has 0 fully saturated rings. The van der Waals surface area contributed by atoms with E-state index in [4.69, 9.17) is 9.15 Å². The van der Waals surface area contributed by atoms with Crippen LogP contribution in [0.15, 0.2) is 52.0 Å². The minimum atomic E-state index is -0.593. The van der Waals surface area contributed by atoms with Gasteiger partial charge in [0.1, 0.15) is 5.76 Å². The maximum atomic E-state index is 12.3. The highest BCUT2D eigenvalue weighted by molar-refractivity contribution is 8.00. The summed E-state index contributed by atoms with van der Waals surface area (Å²) in [6, 6.07) is 10.4. The highest BCUT2D eigenvalue weighted by atomic mass is 32.2. The van der Waals surface area contributed by atoms with E-state index in [0.29, 0.717) is 29.3 Å². The minimum Gasteiger partial charge on any atom is -0.467 e. The number of carbonyl (C=O) groups excluding carboxylic acids is 3. The Bertz CT molecular complexity index is 777. The van der Waals surface area contributed by atoms with E-state index in [0.717, 1.165) is 12.8 Å². The number of benzene rings is 1. The molecule has 0 atom stereocenters. The zero-order valence-corrected chi connectivity index (χ0v) is 16.6. The molecule has 1 heterocycles. The number of furan rings is 1. The predicted octanol–water partition coefficient (Wildman–Crippen LogP) is 2.76. The summed E-state index contributed by atoms with van der Waals surface area (Å²) in [5, 5.41) is 5.43. The Labute approximate surface area is 168 Å². The average molecular weight is 404 g/mol. The molecule has 0 spiro atoms. The topological polar surface area (TPSA) is 97.6 Å². The highest BCUT2D eigenvalue weighted by Crippen LogP contribution is 2.23. The molecule has 0 aliphatic rings. The third-order valence-corrected chi connectivity index (χ3v) is 4.77. The van der Waals surface area contributed by atoms with Crippen LogP contribution < -0.4 is 10.6 Å². The molecule has 0 aliphatic heterocycles. The Balaban J connectivity index is 1.81. The number of unbranched alkanes of at least 4 members (excludes halogenated alkanes) is 1. The summed E-state index contributed by atoms with van der Waals surface area (Å²) >= 11 is 1.23. The summed E-state index contributed by atoms with van der Waals surface area (Å²) in [5.41, 5.74) is 0.327. The first-order valence-corrected chi connectivity index (χ1v) is 10.0. The first-order chi connectivity index (χ1) is 13.6. The van der Waals surface area contributed by atoms with Gasteiger partial charge in [-0.1, -0.05) is 25.5 Å². The van der Waals surface area contributed by atoms with Crippen LogP contribution in [0, 0.1) is 0 Å². The van der Waals surface area contributed by atoms with E-state index in [1.807, 2.05) is 6.92 Å². The average Bonchev–Trinajstić information content (AvgIpc) is 3.23. The molecular weight excluding hydrogens is 380 g/mol. The van der Waals surface area contributed by atoms with Gasteiger partial charge in [-0.05, 0) is 30.7 Å². The van der Waals surface area contributed by atoms with E-state index in [9.17, 15) is 14.4 Å². The van der Waals surface area contributed by atoms with E-state index in [1.54, 1.807) is 42.7 Å². The van der Waals surface area contributed by atoms with Crippen molar-refractivity contribution < 1.29 is 23.5 Å². The third kappa shape index (κ3) is 7.48. The van der Waals surface area contributed by atoms with E-state index in [2.05, 4.69) is 10.6 Å². The van der Waals surface area contributed by atoms with Gasteiger partial charge in [0.2, 0.25) is 5.91 Å². The minimum absolute atomic E-state index is 0.141. The maximum absolute atomic E-state index is 12.3. The van der Waals surface area contributed by atoms with Crippen molar-refractivity contribution in [2.75, 3.05) is 18.9 Å². The van der Waals surface area contributed by atoms with Crippen molar-refractivity contribution in [1.82, 2.24) is 10.6 Å². The summed E-state index contributed by atoms with van der Waals surface area (Å²) in [5.74, 6) is -0.295. The first kappa shape index (κ1) is 21.6. The molecule has 2 N–H and O–H groups in total. The van der Waals surface area contributed by atoms with Crippen LogP contribution in [-0.4, -0.2) is 36.7 Å². The second kappa shape index (κ2) is 11.9.